The lowest BCUT2D eigenvalue weighted by Gasteiger charge is -2.21. The number of allylic oxidation sites excluding steroid dienone is 3. The van der Waals surface area contributed by atoms with Crippen LogP contribution in [0.15, 0.2) is 23.3 Å². The summed E-state index contributed by atoms with van der Waals surface area (Å²) >= 11 is 0. The van der Waals surface area contributed by atoms with Gasteiger partial charge in [-0.1, -0.05) is 19.1 Å². The Morgan fingerprint density at radius 1 is 1.57 bits per heavy atom. The second kappa shape index (κ2) is 4.45. The molecule has 0 fully saturated rings. The van der Waals surface area contributed by atoms with Gasteiger partial charge in [-0.2, -0.15) is 0 Å². The number of hydrogen-bond acceptors (Lipinski definition) is 1. The summed E-state index contributed by atoms with van der Waals surface area (Å²) in [6, 6.07) is 0. The van der Waals surface area contributed by atoms with Crippen molar-refractivity contribution >= 4 is 5.91 Å². The van der Waals surface area contributed by atoms with Gasteiger partial charge in [-0.25, -0.2) is 0 Å². The van der Waals surface area contributed by atoms with E-state index in [1.165, 1.54) is 0 Å². The Hall–Kier alpha value is -1.05. The minimum absolute atomic E-state index is 0.158. The van der Waals surface area contributed by atoms with Crippen LogP contribution >= 0.6 is 0 Å². The smallest absolute Gasteiger partial charge is 0.249 e. The number of carbonyl (C=O) groups excluding carboxylic acids is 1. The Morgan fingerprint density at radius 2 is 2.21 bits per heavy atom. The van der Waals surface area contributed by atoms with Crippen LogP contribution in [0.3, 0.4) is 0 Å². The molecular formula is C12H19NO. The molecule has 0 aromatic carbocycles. The van der Waals surface area contributed by atoms with Gasteiger partial charge in [0.25, 0.3) is 0 Å². The van der Waals surface area contributed by atoms with E-state index in [9.17, 15) is 4.79 Å². The van der Waals surface area contributed by atoms with Crippen LogP contribution in [0.2, 0.25) is 0 Å². The summed E-state index contributed by atoms with van der Waals surface area (Å²) in [5.41, 5.74) is 2.10. The minimum Gasteiger partial charge on any atom is -0.345 e. The second-order valence-corrected chi connectivity index (χ2v) is 4.09. The van der Waals surface area contributed by atoms with Crippen molar-refractivity contribution in [3.63, 3.8) is 0 Å². The third-order valence-electron chi connectivity index (χ3n) is 2.75. The molecule has 1 atom stereocenters. The van der Waals surface area contributed by atoms with Crippen LogP contribution in [0.25, 0.3) is 0 Å². The van der Waals surface area contributed by atoms with Crippen molar-refractivity contribution in [1.29, 1.82) is 0 Å². The summed E-state index contributed by atoms with van der Waals surface area (Å²) in [6.07, 6.45) is 6.29. The van der Waals surface area contributed by atoms with Crippen LogP contribution in [0.1, 0.15) is 26.7 Å². The van der Waals surface area contributed by atoms with Crippen LogP contribution in [0, 0.1) is 5.92 Å². The van der Waals surface area contributed by atoms with E-state index in [-0.39, 0.29) is 5.91 Å². The molecule has 1 aliphatic rings. The molecule has 2 nitrogen and oxygen atoms in total. The Balaban J connectivity index is 2.86. The van der Waals surface area contributed by atoms with E-state index < -0.39 is 0 Å². The van der Waals surface area contributed by atoms with Crippen LogP contribution < -0.4 is 0 Å². The molecule has 0 saturated carbocycles. The number of nitrogens with zero attached hydrogens (tertiary/aromatic N) is 1. The Kier molecular flexibility index (Phi) is 3.50. The predicted octanol–water partition coefficient (Wildman–Crippen LogP) is 2.38. The van der Waals surface area contributed by atoms with Gasteiger partial charge in [0.2, 0.25) is 5.91 Å². The van der Waals surface area contributed by atoms with Crippen molar-refractivity contribution in [1.82, 2.24) is 4.90 Å². The molecule has 0 aliphatic heterocycles. The fourth-order valence-electron chi connectivity index (χ4n) is 1.68. The molecule has 1 aliphatic carbocycles. The Morgan fingerprint density at radius 3 is 2.71 bits per heavy atom. The third kappa shape index (κ3) is 2.25. The zero-order chi connectivity index (χ0) is 10.7. The summed E-state index contributed by atoms with van der Waals surface area (Å²) in [7, 11) is 3.61. The number of rotatable bonds is 2. The van der Waals surface area contributed by atoms with E-state index in [1.807, 2.05) is 21.0 Å². The van der Waals surface area contributed by atoms with E-state index in [4.69, 9.17) is 0 Å². The Bertz CT molecular complexity index is 287. The van der Waals surface area contributed by atoms with E-state index in [1.54, 1.807) is 4.90 Å². The molecule has 1 unspecified atom stereocenters. The van der Waals surface area contributed by atoms with Crippen molar-refractivity contribution in [2.24, 2.45) is 5.92 Å². The summed E-state index contributed by atoms with van der Waals surface area (Å²) < 4.78 is 0. The molecule has 0 N–H and O–H groups in total. The van der Waals surface area contributed by atoms with Crippen LogP contribution in [-0.2, 0) is 4.79 Å². The molecule has 14 heavy (non-hydrogen) atoms. The van der Waals surface area contributed by atoms with Gasteiger partial charge in [-0.05, 0) is 31.3 Å². The molecule has 0 aromatic heterocycles. The van der Waals surface area contributed by atoms with Crippen molar-refractivity contribution in [3.8, 4) is 0 Å². The SMILES string of the molecule is CCC1C=CC(C)=C(C(=O)N(C)C)C1. The fraction of sp³-hybridized carbons (Fsp3) is 0.583. The first-order valence-electron chi connectivity index (χ1n) is 5.15. The molecule has 0 radical (unpaired) electrons. The molecule has 0 saturated heterocycles. The lowest BCUT2D eigenvalue weighted by atomic mass is 9.88. The molecule has 0 bridgehead atoms. The zero-order valence-corrected chi connectivity index (χ0v) is 9.50. The largest absolute Gasteiger partial charge is 0.345 e. The summed E-state index contributed by atoms with van der Waals surface area (Å²) in [5.74, 6) is 0.697. The van der Waals surface area contributed by atoms with Gasteiger partial charge < -0.3 is 4.90 Å². The lowest BCUT2D eigenvalue weighted by molar-refractivity contribution is -0.125. The van der Waals surface area contributed by atoms with Crippen molar-refractivity contribution in [3.05, 3.63) is 23.3 Å². The molecular weight excluding hydrogens is 174 g/mol. The quantitative estimate of drug-likeness (QED) is 0.659. The van der Waals surface area contributed by atoms with Gasteiger partial charge in [0.05, 0.1) is 0 Å². The van der Waals surface area contributed by atoms with Crippen LogP contribution in [-0.4, -0.2) is 24.9 Å². The maximum Gasteiger partial charge on any atom is 0.249 e. The van der Waals surface area contributed by atoms with E-state index in [0.717, 1.165) is 24.0 Å². The molecule has 2 heteroatoms. The highest BCUT2D eigenvalue weighted by molar-refractivity contribution is 5.94. The van der Waals surface area contributed by atoms with Gasteiger partial charge in [-0.3, -0.25) is 4.79 Å². The number of likely N-dealkylation sites (N-methyl/N-ethyl adjacent to an activating group) is 1. The first-order valence-corrected chi connectivity index (χ1v) is 5.15. The molecule has 78 valence electrons. The average molecular weight is 193 g/mol. The highest BCUT2D eigenvalue weighted by Crippen LogP contribution is 2.26. The van der Waals surface area contributed by atoms with E-state index in [2.05, 4.69) is 19.1 Å². The fourth-order valence-corrected chi connectivity index (χ4v) is 1.68. The molecule has 1 rings (SSSR count). The second-order valence-electron chi connectivity index (χ2n) is 4.09. The average Bonchev–Trinajstić information content (AvgIpc) is 2.17. The summed E-state index contributed by atoms with van der Waals surface area (Å²) in [4.78, 5) is 13.5. The van der Waals surface area contributed by atoms with Gasteiger partial charge >= 0.3 is 0 Å². The topological polar surface area (TPSA) is 20.3 Å². The molecule has 0 heterocycles. The van der Waals surface area contributed by atoms with E-state index in [0.29, 0.717) is 5.92 Å². The minimum atomic E-state index is 0.158. The van der Waals surface area contributed by atoms with Crippen molar-refractivity contribution in [2.45, 2.75) is 26.7 Å². The molecule has 0 aromatic rings. The van der Waals surface area contributed by atoms with Gasteiger partial charge in [-0.15, -0.1) is 0 Å². The van der Waals surface area contributed by atoms with Crippen LogP contribution in [0.5, 0.6) is 0 Å². The number of hydrogen-bond donors (Lipinski definition) is 0. The maximum absolute atomic E-state index is 11.8. The molecule has 0 spiro atoms. The van der Waals surface area contributed by atoms with Gasteiger partial charge in [0, 0.05) is 19.7 Å². The monoisotopic (exact) mass is 193 g/mol. The summed E-state index contributed by atoms with van der Waals surface area (Å²) in [6.45, 7) is 4.17. The first-order chi connectivity index (χ1) is 6.56. The van der Waals surface area contributed by atoms with Crippen LogP contribution in [0.4, 0.5) is 0 Å². The zero-order valence-electron chi connectivity index (χ0n) is 9.50. The first kappa shape index (κ1) is 11.0. The van der Waals surface area contributed by atoms with E-state index >= 15 is 0 Å². The number of carbonyl (C=O) groups is 1. The maximum atomic E-state index is 11.8. The van der Waals surface area contributed by atoms with Crippen molar-refractivity contribution < 1.29 is 4.79 Å². The normalized spacial score (nSPS) is 21.3. The van der Waals surface area contributed by atoms with Gasteiger partial charge in [0.15, 0.2) is 0 Å². The predicted molar refractivity (Wildman–Crippen MR) is 58.9 cm³/mol. The van der Waals surface area contributed by atoms with Crippen molar-refractivity contribution in [2.75, 3.05) is 14.1 Å². The highest BCUT2D eigenvalue weighted by Gasteiger charge is 2.19. The van der Waals surface area contributed by atoms with Gasteiger partial charge in [0.1, 0.15) is 0 Å². The lowest BCUT2D eigenvalue weighted by Crippen LogP contribution is -2.26. The number of amides is 1. The molecule has 1 amide bonds. The Labute approximate surface area is 86.3 Å². The standard InChI is InChI=1S/C12H19NO/c1-5-10-7-6-9(2)11(8-10)12(14)13(3)4/h6-7,10H,5,8H2,1-4H3. The highest BCUT2D eigenvalue weighted by atomic mass is 16.2. The third-order valence-corrected chi connectivity index (χ3v) is 2.75. The summed E-state index contributed by atoms with van der Waals surface area (Å²) in [5, 5.41) is 0.